The molecule has 1 aromatic heterocycles. The van der Waals surface area contributed by atoms with Crippen LogP contribution in [0.4, 0.5) is 14.6 Å². The number of sulfonamides is 1. The number of alkyl halides is 2. The molecule has 0 amide bonds. The van der Waals surface area contributed by atoms with Crippen LogP contribution in [-0.4, -0.2) is 102 Å². The van der Waals surface area contributed by atoms with Gasteiger partial charge in [0.25, 0.3) is 0 Å². The minimum atomic E-state index is -3.62. The number of pyridine rings is 1. The number of halogens is 2. The SMILES string of the molecule is COCCN(CCOC)C1CCN(S(=O)(=O)c2ccc(N3CC(CC(F)F)C3)nc2)CC1. The van der Waals surface area contributed by atoms with Crippen molar-refractivity contribution in [3.05, 3.63) is 18.3 Å². The first-order valence-corrected chi connectivity index (χ1v) is 12.5. The third-order valence-corrected chi connectivity index (χ3v) is 8.14. The molecule has 0 atom stereocenters. The zero-order valence-electron chi connectivity index (χ0n) is 18.8. The number of nitrogens with zero attached hydrogens (tertiary/aromatic N) is 4. The molecule has 0 aliphatic carbocycles. The first-order valence-electron chi connectivity index (χ1n) is 11.1. The van der Waals surface area contributed by atoms with Crippen molar-refractivity contribution in [1.29, 1.82) is 0 Å². The number of piperidine rings is 1. The summed E-state index contributed by atoms with van der Waals surface area (Å²) in [4.78, 5) is 8.65. The molecule has 2 saturated heterocycles. The van der Waals surface area contributed by atoms with E-state index in [4.69, 9.17) is 9.47 Å². The Morgan fingerprint density at radius 2 is 1.75 bits per heavy atom. The largest absolute Gasteiger partial charge is 0.383 e. The Morgan fingerprint density at radius 1 is 1.12 bits per heavy atom. The smallest absolute Gasteiger partial charge is 0.244 e. The zero-order chi connectivity index (χ0) is 23.1. The van der Waals surface area contributed by atoms with Crippen LogP contribution in [0.2, 0.25) is 0 Å². The summed E-state index contributed by atoms with van der Waals surface area (Å²) in [5.41, 5.74) is 0. The Bertz CT molecular complexity index is 791. The van der Waals surface area contributed by atoms with Gasteiger partial charge in [0.2, 0.25) is 16.4 Å². The van der Waals surface area contributed by atoms with Gasteiger partial charge in [-0.25, -0.2) is 22.2 Å². The van der Waals surface area contributed by atoms with E-state index < -0.39 is 16.4 Å². The highest BCUT2D eigenvalue weighted by Gasteiger charge is 2.33. The van der Waals surface area contributed by atoms with Crippen LogP contribution in [0.25, 0.3) is 0 Å². The van der Waals surface area contributed by atoms with Gasteiger partial charge in [0.15, 0.2) is 0 Å². The molecule has 0 N–H and O–H groups in total. The van der Waals surface area contributed by atoms with E-state index in [-0.39, 0.29) is 17.2 Å². The lowest BCUT2D eigenvalue weighted by Gasteiger charge is -2.40. The number of ether oxygens (including phenoxy) is 2. The second-order valence-corrected chi connectivity index (χ2v) is 10.3. The molecular formula is C21H34F2N4O4S. The lowest BCUT2D eigenvalue weighted by atomic mass is 9.97. The fraction of sp³-hybridized carbons (Fsp3) is 0.762. The molecule has 8 nitrogen and oxygen atoms in total. The molecule has 2 fully saturated rings. The number of rotatable bonds is 12. The summed E-state index contributed by atoms with van der Waals surface area (Å²) >= 11 is 0. The molecular weight excluding hydrogens is 442 g/mol. The zero-order valence-corrected chi connectivity index (χ0v) is 19.6. The third-order valence-electron chi connectivity index (χ3n) is 6.26. The highest BCUT2D eigenvalue weighted by atomic mass is 32.2. The van der Waals surface area contributed by atoms with Gasteiger partial charge >= 0.3 is 0 Å². The van der Waals surface area contributed by atoms with E-state index in [0.29, 0.717) is 51.3 Å². The van der Waals surface area contributed by atoms with E-state index in [9.17, 15) is 17.2 Å². The van der Waals surface area contributed by atoms with E-state index in [1.54, 1.807) is 26.4 Å². The monoisotopic (exact) mass is 476 g/mol. The van der Waals surface area contributed by atoms with Crippen molar-refractivity contribution in [3.63, 3.8) is 0 Å². The number of hydrogen-bond acceptors (Lipinski definition) is 7. The number of anilines is 1. The van der Waals surface area contributed by atoms with Crippen LogP contribution < -0.4 is 4.90 Å². The molecule has 3 rings (SSSR count). The van der Waals surface area contributed by atoms with Gasteiger partial charge < -0.3 is 14.4 Å². The molecule has 1 aromatic rings. The van der Waals surface area contributed by atoms with Crippen molar-refractivity contribution in [2.24, 2.45) is 5.92 Å². The maximum Gasteiger partial charge on any atom is 0.244 e. The molecule has 3 heterocycles. The van der Waals surface area contributed by atoms with Crippen molar-refractivity contribution in [1.82, 2.24) is 14.2 Å². The molecule has 11 heteroatoms. The van der Waals surface area contributed by atoms with Gasteiger partial charge in [-0.05, 0) is 30.9 Å². The van der Waals surface area contributed by atoms with Crippen molar-refractivity contribution in [2.45, 2.75) is 36.6 Å². The van der Waals surface area contributed by atoms with E-state index in [2.05, 4.69) is 9.88 Å². The van der Waals surface area contributed by atoms with Gasteiger partial charge in [-0.3, -0.25) is 4.90 Å². The first kappa shape index (κ1) is 25.2. The molecule has 0 radical (unpaired) electrons. The molecule has 0 saturated carbocycles. The van der Waals surface area contributed by atoms with Crippen molar-refractivity contribution < 1.29 is 26.7 Å². The van der Waals surface area contributed by atoms with Crippen LogP contribution in [0.1, 0.15) is 19.3 Å². The molecule has 0 aromatic carbocycles. The second kappa shape index (κ2) is 11.6. The summed E-state index contributed by atoms with van der Waals surface area (Å²) in [6.45, 7) is 4.79. The van der Waals surface area contributed by atoms with Crippen LogP contribution in [0.5, 0.6) is 0 Å². The van der Waals surface area contributed by atoms with Gasteiger partial charge in [-0.1, -0.05) is 0 Å². The van der Waals surface area contributed by atoms with E-state index in [1.165, 1.54) is 10.5 Å². The van der Waals surface area contributed by atoms with Gasteiger partial charge in [0.05, 0.1) is 13.2 Å². The van der Waals surface area contributed by atoms with E-state index in [0.717, 1.165) is 25.9 Å². The van der Waals surface area contributed by atoms with Gasteiger partial charge in [-0.2, -0.15) is 4.31 Å². The number of hydrogen-bond donors (Lipinski definition) is 0. The Hall–Kier alpha value is -1.40. The topological polar surface area (TPSA) is 75.2 Å². The molecule has 0 spiro atoms. The highest BCUT2D eigenvalue weighted by Crippen LogP contribution is 2.28. The Balaban J connectivity index is 1.54. The van der Waals surface area contributed by atoms with Gasteiger partial charge in [0, 0.05) is 72.1 Å². The average molecular weight is 477 g/mol. The van der Waals surface area contributed by atoms with Gasteiger partial charge in [0.1, 0.15) is 10.7 Å². The Kier molecular flexibility index (Phi) is 9.18. The van der Waals surface area contributed by atoms with E-state index in [1.807, 2.05) is 4.90 Å². The summed E-state index contributed by atoms with van der Waals surface area (Å²) in [6, 6.07) is 3.52. The maximum atomic E-state index is 13.1. The average Bonchev–Trinajstić information content (AvgIpc) is 2.76. The van der Waals surface area contributed by atoms with Crippen molar-refractivity contribution >= 4 is 15.8 Å². The normalized spacial score (nSPS) is 19.1. The molecule has 2 aliphatic rings. The summed E-state index contributed by atoms with van der Waals surface area (Å²) in [6.07, 6.45) is 0.474. The summed E-state index contributed by atoms with van der Waals surface area (Å²) in [5.74, 6) is 0.592. The van der Waals surface area contributed by atoms with Crippen LogP contribution in [0.3, 0.4) is 0 Å². The number of aromatic nitrogens is 1. The second-order valence-electron chi connectivity index (χ2n) is 8.41. The van der Waals surface area contributed by atoms with Crippen LogP contribution in [0.15, 0.2) is 23.2 Å². The fourth-order valence-electron chi connectivity index (χ4n) is 4.36. The molecule has 0 bridgehead atoms. The molecule has 2 aliphatic heterocycles. The van der Waals surface area contributed by atoms with Crippen LogP contribution in [0, 0.1) is 5.92 Å². The Labute approximate surface area is 189 Å². The summed E-state index contributed by atoms with van der Waals surface area (Å²) in [5, 5.41) is 0. The first-order chi connectivity index (χ1) is 15.3. The van der Waals surface area contributed by atoms with E-state index >= 15 is 0 Å². The summed E-state index contributed by atoms with van der Waals surface area (Å²) < 4.78 is 63.0. The predicted octanol–water partition coefficient (Wildman–Crippen LogP) is 1.92. The predicted molar refractivity (Wildman–Crippen MR) is 118 cm³/mol. The lowest BCUT2D eigenvalue weighted by Crippen LogP contribution is -2.48. The Morgan fingerprint density at radius 3 is 2.25 bits per heavy atom. The summed E-state index contributed by atoms with van der Waals surface area (Å²) in [7, 11) is -0.271. The molecule has 182 valence electrons. The van der Waals surface area contributed by atoms with Crippen LogP contribution in [-0.2, 0) is 19.5 Å². The van der Waals surface area contributed by atoms with Crippen molar-refractivity contribution in [2.75, 3.05) is 71.6 Å². The van der Waals surface area contributed by atoms with Gasteiger partial charge in [-0.15, -0.1) is 0 Å². The van der Waals surface area contributed by atoms with Crippen LogP contribution >= 0.6 is 0 Å². The molecule has 0 unspecified atom stereocenters. The third kappa shape index (κ3) is 6.34. The fourth-order valence-corrected chi connectivity index (χ4v) is 5.78. The minimum Gasteiger partial charge on any atom is -0.383 e. The number of methoxy groups -OCH3 is 2. The standard InChI is InChI=1S/C21H34F2N4O4S/c1-30-11-9-25(10-12-31-2)18-5-7-27(8-6-18)32(28,29)19-3-4-21(24-14-19)26-15-17(16-26)13-20(22)23/h3-4,14,17-18,20H,5-13,15-16H2,1-2H3. The van der Waals surface area contributed by atoms with Crippen molar-refractivity contribution in [3.8, 4) is 0 Å². The lowest BCUT2D eigenvalue weighted by molar-refractivity contribution is 0.0688. The minimum absolute atomic E-state index is 0.0335. The maximum absolute atomic E-state index is 13.1. The quantitative estimate of drug-likeness (QED) is 0.456. The highest BCUT2D eigenvalue weighted by molar-refractivity contribution is 7.89. The molecule has 32 heavy (non-hydrogen) atoms.